The molecule has 4 heterocycles. The predicted octanol–water partition coefficient (Wildman–Crippen LogP) is 4.30. The molecular weight excluding hydrogens is 421 g/mol. The van der Waals surface area contributed by atoms with Crippen LogP contribution in [0.4, 0.5) is 13.2 Å². The van der Waals surface area contributed by atoms with Crippen molar-refractivity contribution >= 4 is 11.6 Å². The first kappa shape index (κ1) is 22.3. The average molecular weight is 448 g/mol. The van der Waals surface area contributed by atoms with E-state index in [0.717, 1.165) is 35.9 Å². The molecule has 4 rings (SSSR count). The Morgan fingerprint density at radius 3 is 2.56 bits per heavy atom. The number of fused-ring (bicyclic) bond motifs is 1. The average Bonchev–Trinajstić information content (AvgIpc) is 3.42. The molecule has 1 aliphatic rings. The summed E-state index contributed by atoms with van der Waals surface area (Å²) >= 11 is 0. The van der Waals surface area contributed by atoms with Crippen LogP contribution in [0.25, 0.3) is 5.65 Å². The Balaban J connectivity index is 1.54. The fourth-order valence-electron chi connectivity index (χ4n) is 4.13. The van der Waals surface area contributed by atoms with Crippen molar-refractivity contribution in [3.8, 4) is 0 Å². The van der Waals surface area contributed by atoms with E-state index in [0.29, 0.717) is 12.2 Å². The van der Waals surface area contributed by atoms with Crippen molar-refractivity contribution in [2.75, 3.05) is 6.54 Å². The number of hydrogen-bond donors (Lipinski definition) is 0. The zero-order chi connectivity index (χ0) is 23.3. The summed E-state index contributed by atoms with van der Waals surface area (Å²) in [6.45, 7) is 8.52. The van der Waals surface area contributed by atoms with Crippen molar-refractivity contribution in [3.63, 3.8) is 0 Å². The second kappa shape index (κ2) is 7.90. The van der Waals surface area contributed by atoms with E-state index in [9.17, 15) is 18.0 Å². The molecule has 3 aromatic heterocycles. The lowest BCUT2D eigenvalue weighted by atomic mass is 9.93. The van der Waals surface area contributed by atoms with Gasteiger partial charge in [0.05, 0.1) is 17.4 Å². The lowest BCUT2D eigenvalue weighted by Gasteiger charge is -2.25. The quantitative estimate of drug-likeness (QED) is 0.597. The lowest BCUT2D eigenvalue weighted by molar-refractivity contribution is -0.141. The molecule has 0 spiro atoms. The summed E-state index contributed by atoms with van der Waals surface area (Å²) in [6, 6.07) is 4.70. The molecule has 1 saturated heterocycles. The fourth-order valence-corrected chi connectivity index (χ4v) is 4.13. The van der Waals surface area contributed by atoms with Crippen molar-refractivity contribution in [1.29, 1.82) is 0 Å². The summed E-state index contributed by atoms with van der Waals surface area (Å²) in [4.78, 5) is 19.3. The SMILES string of the molecule is Cc1cc(C(F)(F)F)nn1CCC(=O)N1CCC[C@@H]1c1ccnc2cc(C(C)(C)C)nn12. The number of aryl methyl sites for hydroxylation is 2. The van der Waals surface area contributed by atoms with Crippen LogP contribution < -0.4 is 0 Å². The number of hydrogen-bond acceptors (Lipinski definition) is 4. The van der Waals surface area contributed by atoms with Crippen LogP contribution in [0.3, 0.4) is 0 Å². The minimum atomic E-state index is -4.50. The minimum Gasteiger partial charge on any atom is -0.334 e. The summed E-state index contributed by atoms with van der Waals surface area (Å²) in [5.74, 6) is -0.107. The molecule has 0 radical (unpaired) electrons. The van der Waals surface area contributed by atoms with Crippen molar-refractivity contribution in [2.24, 2.45) is 0 Å². The Morgan fingerprint density at radius 2 is 1.91 bits per heavy atom. The summed E-state index contributed by atoms with van der Waals surface area (Å²) in [5, 5.41) is 8.37. The monoisotopic (exact) mass is 448 g/mol. The number of aromatic nitrogens is 5. The summed E-state index contributed by atoms with van der Waals surface area (Å²) in [7, 11) is 0. The number of carbonyl (C=O) groups is 1. The first-order chi connectivity index (χ1) is 14.9. The molecule has 0 aromatic carbocycles. The number of amides is 1. The molecule has 1 aliphatic heterocycles. The molecule has 0 N–H and O–H groups in total. The molecule has 172 valence electrons. The fraction of sp³-hybridized carbons (Fsp3) is 0.545. The first-order valence-electron chi connectivity index (χ1n) is 10.7. The molecule has 1 atom stereocenters. The Kier molecular flexibility index (Phi) is 5.50. The maximum Gasteiger partial charge on any atom is 0.435 e. The standard InChI is InChI=1S/C22H27F3N6O/c1-14-12-18(22(23,24)25)27-30(14)11-8-20(32)29-10-5-6-15(29)16-7-9-26-19-13-17(21(2,3)4)28-31(16)19/h7,9,12-13,15H,5-6,8,10-11H2,1-4H3/t15-/m1/s1. The maximum atomic E-state index is 13.0. The van der Waals surface area contributed by atoms with E-state index in [1.807, 2.05) is 16.6 Å². The van der Waals surface area contributed by atoms with Gasteiger partial charge in [0.15, 0.2) is 11.3 Å². The highest BCUT2D eigenvalue weighted by atomic mass is 19.4. The smallest absolute Gasteiger partial charge is 0.334 e. The zero-order valence-electron chi connectivity index (χ0n) is 18.6. The normalized spacial score (nSPS) is 17.5. The minimum absolute atomic E-state index is 0.0802. The second-order valence-electron chi connectivity index (χ2n) is 9.31. The highest BCUT2D eigenvalue weighted by Crippen LogP contribution is 2.33. The van der Waals surface area contributed by atoms with Crippen LogP contribution in [0.2, 0.25) is 0 Å². The predicted molar refractivity (Wildman–Crippen MR) is 112 cm³/mol. The van der Waals surface area contributed by atoms with Gasteiger partial charge in [0, 0.05) is 42.9 Å². The third kappa shape index (κ3) is 4.22. The van der Waals surface area contributed by atoms with Crippen LogP contribution in [-0.4, -0.2) is 41.7 Å². The number of alkyl halides is 3. The number of carbonyl (C=O) groups excluding carboxylic acids is 1. The van der Waals surface area contributed by atoms with Gasteiger partial charge in [0.2, 0.25) is 5.91 Å². The van der Waals surface area contributed by atoms with E-state index >= 15 is 0 Å². The van der Waals surface area contributed by atoms with Crippen molar-refractivity contribution in [3.05, 3.63) is 47.2 Å². The van der Waals surface area contributed by atoms with Crippen molar-refractivity contribution < 1.29 is 18.0 Å². The van der Waals surface area contributed by atoms with E-state index in [1.165, 1.54) is 4.68 Å². The highest BCUT2D eigenvalue weighted by molar-refractivity contribution is 5.77. The molecule has 1 amide bonds. The van der Waals surface area contributed by atoms with Crippen LogP contribution in [0.1, 0.15) is 68.9 Å². The summed E-state index contributed by atoms with van der Waals surface area (Å²) in [6.07, 6.45) is -1.04. The number of rotatable bonds is 4. The van der Waals surface area contributed by atoms with Crippen LogP contribution in [0.5, 0.6) is 0 Å². The van der Waals surface area contributed by atoms with Crippen LogP contribution in [0, 0.1) is 6.92 Å². The Bertz CT molecular complexity index is 1140. The van der Waals surface area contributed by atoms with Crippen molar-refractivity contribution in [1.82, 2.24) is 29.3 Å². The van der Waals surface area contributed by atoms with Gasteiger partial charge < -0.3 is 4.90 Å². The molecule has 32 heavy (non-hydrogen) atoms. The van der Waals surface area contributed by atoms with Crippen LogP contribution in [-0.2, 0) is 22.9 Å². The lowest BCUT2D eigenvalue weighted by Crippen LogP contribution is -2.32. The Hall–Kier alpha value is -2.91. The van der Waals surface area contributed by atoms with Gasteiger partial charge >= 0.3 is 6.18 Å². The molecule has 10 heteroatoms. The number of halogens is 3. The third-order valence-corrected chi connectivity index (χ3v) is 5.88. The van der Waals surface area contributed by atoms with Gasteiger partial charge in [-0.2, -0.15) is 23.4 Å². The summed E-state index contributed by atoms with van der Waals surface area (Å²) in [5.41, 5.74) is 1.86. The topological polar surface area (TPSA) is 68.3 Å². The molecular formula is C22H27F3N6O. The molecule has 3 aromatic rings. The Labute approximate surface area is 184 Å². The first-order valence-corrected chi connectivity index (χ1v) is 10.7. The molecule has 7 nitrogen and oxygen atoms in total. The van der Waals surface area contributed by atoms with Gasteiger partial charge in [0.25, 0.3) is 0 Å². The van der Waals surface area contributed by atoms with Crippen LogP contribution >= 0.6 is 0 Å². The van der Waals surface area contributed by atoms with Gasteiger partial charge in [-0.3, -0.25) is 9.48 Å². The maximum absolute atomic E-state index is 13.0. The number of likely N-dealkylation sites (tertiary alicyclic amines) is 1. The third-order valence-electron chi connectivity index (χ3n) is 5.88. The van der Waals surface area contributed by atoms with Gasteiger partial charge in [-0.05, 0) is 31.9 Å². The van der Waals surface area contributed by atoms with Gasteiger partial charge in [0.1, 0.15) is 0 Å². The molecule has 1 fully saturated rings. The largest absolute Gasteiger partial charge is 0.435 e. The highest BCUT2D eigenvalue weighted by Gasteiger charge is 2.35. The molecule has 0 bridgehead atoms. The van der Waals surface area contributed by atoms with E-state index in [2.05, 4.69) is 30.9 Å². The molecule has 0 aliphatic carbocycles. The molecule has 0 unspecified atom stereocenters. The van der Waals surface area contributed by atoms with Crippen LogP contribution in [0.15, 0.2) is 24.4 Å². The van der Waals surface area contributed by atoms with E-state index in [1.54, 1.807) is 18.0 Å². The van der Waals surface area contributed by atoms with E-state index < -0.39 is 11.9 Å². The van der Waals surface area contributed by atoms with Gasteiger partial charge in [-0.25, -0.2) is 9.50 Å². The van der Waals surface area contributed by atoms with E-state index in [4.69, 9.17) is 5.10 Å². The van der Waals surface area contributed by atoms with Gasteiger partial charge in [-0.15, -0.1) is 0 Å². The second-order valence-corrected chi connectivity index (χ2v) is 9.31. The Morgan fingerprint density at radius 1 is 1.16 bits per heavy atom. The van der Waals surface area contributed by atoms with Crippen molar-refractivity contribution in [2.45, 2.75) is 71.1 Å². The zero-order valence-corrected chi connectivity index (χ0v) is 18.6. The van der Waals surface area contributed by atoms with E-state index in [-0.39, 0.29) is 30.3 Å². The van der Waals surface area contributed by atoms with Gasteiger partial charge in [-0.1, -0.05) is 20.8 Å². The summed E-state index contributed by atoms with van der Waals surface area (Å²) < 4.78 is 41.8. The number of nitrogens with zero attached hydrogens (tertiary/aromatic N) is 6. The molecule has 0 saturated carbocycles.